The molecule has 0 atom stereocenters. The van der Waals surface area contributed by atoms with Crippen LogP contribution in [0.1, 0.15) is 30.7 Å². The number of halogens is 3. The number of aromatic nitrogens is 2. The first-order valence-corrected chi connectivity index (χ1v) is 10.3. The molecule has 1 aromatic heterocycles. The maximum absolute atomic E-state index is 11.2. The van der Waals surface area contributed by atoms with Crippen LogP contribution in [0.4, 0.5) is 13.2 Å². The van der Waals surface area contributed by atoms with Gasteiger partial charge in [0.2, 0.25) is 10.0 Å². The second-order valence-electron chi connectivity index (χ2n) is 6.76. The van der Waals surface area contributed by atoms with Crippen LogP contribution < -0.4 is 4.72 Å². The molecular formula is C15H23F3N4O4S. The monoisotopic (exact) mass is 412 g/mol. The van der Waals surface area contributed by atoms with E-state index in [-0.39, 0.29) is 0 Å². The number of hydrogen-bond donors (Lipinski definition) is 2. The number of nitrogens with zero attached hydrogens (tertiary/aromatic N) is 3. The maximum Gasteiger partial charge on any atom is 0.490 e. The van der Waals surface area contributed by atoms with Gasteiger partial charge in [-0.15, -0.1) is 0 Å². The number of aliphatic carboxylic acids is 1. The SMILES string of the molecule is CS(=O)(=O)NCc1ncn2c1CN(CC1CC1)CCC2.O=C(O)C(F)(F)F. The van der Waals surface area contributed by atoms with E-state index in [9.17, 15) is 21.6 Å². The summed E-state index contributed by atoms with van der Waals surface area (Å²) in [5.74, 6) is -1.88. The smallest absolute Gasteiger partial charge is 0.475 e. The molecule has 12 heteroatoms. The highest BCUT2D eigenvalue weighted by atomic mass is 32.2. The van der Waals surface area contributed by atoms with Crippen LogP contribution in [0.25, 0.3) is 0 Å². The molecule has 8 nitrogen and oxygen atoms in total. The van der Waals surface area contributed by atoms with Crippen LogP contribution in [-0.4, -0.2) is 59.5 Å². The number of carboxylic acid groups (broad SMARTS) is 1. The lowest BCUT2D eigenvalue weighted by atomic mass is 10.2. The second-order valence-corrected chi connectivity index (χ2v) is 8.59. The molecule has 0 aromatic carbocycles. The first-order valence-electron chi connectivity index (χ1n) is 8.45. The van der Waals surface area contributed by atoms with Gasteiger partial charge in [0, 0.05) is 26.2 Å². The summed E-state index contributed by atoms with van der Waals surface area (Å²) in [4.78, 5) is 15.8. The third-order valence-electron chi connectivity index (χ3n) is 4.24. The fourth-order valence-corrected chi connectivity index (χ4v) is 3.15. The summed E-state index contributed by atoms with van der Waals surface area (Å²) < 4.78 is 58.9. The Kier molecular flexibility index (Phi) is 6.87. The Bertz CT molecular complexity index is 760. The quantitative estimate of drug-likeness (QED) is 0.753. The predicted octanol–water partition coefficient (Wildman–Crippen LogP) is 1.18. The number of nitrogens with one attached hydrogen (secondary N) is 1. The summed E-state index contributed by atoms with van der Waals surface area (Å²) in [5, 5.41) is 7.12. The zero-order valence-electron chi connectivity index (χ0n) is 14.9. The zero-order chi connectivity index (χ0) is 20.2. The topological polar surface area (TPSA) is 105 Å². The molecule has 27 heavy (non-hydrogen) atoms. The Morgan fingerprint density at radius 1 is 1.37 bits per heavy atom. The molecule has 0 spiro atoms. The highest BCUT2D eigenvalue weighted by molar-refractivity contribution is 7.88. The minimum atomic E-state index is -5.08. The van der Waals surface area contributed by atoms with Crippen LogP contribution in [0.2, 0.25) is 0 Å². The average molecular weight is 412 g/mol. The van der Waals surface area contributed by atoms with Gasteiger partial charge in [0.05, 0.1) is 30.5 Å². The van der Waals surface area contributed by atoms with E-state index in [1.807, 2.05) is 6.33 Å². The molecule has 1 aliphatic heterocycles. The van der Waals surface area contributed by atoms with Crippen LogP contribution in [0, 0.1) is 5.92 Å². The molecule has 0 unspecified atom stereocenters. The molecule has 3 rings (SSSR count). The van der Waals surface area contributed by atoms with Gasteiger partial charge in [0.15, 0.2) is 0 Å². The standard InChI is InChI=1S/C13H22N4O2S.C2HF3O2/c1-20(18,19)15-7-12-13-9-16(8-11-3-4-11)5-2-6-17(13)10-14-12;3-2(4,5)1(6)7/h10-11,15H,2-9H2,1H3;(H,6,7). The third kappa shape index (κ3) is 7.46. The second kappa shape index (κ2) is 8.57. The Morgan fingerprint density at radius 3 is 2.52 bits per heavy atom. The van der Waals surface area contributed by atoms with Crippen molar-refractivity contribution in [1.29, 1.82) is 0 Å². The van der Waals surface area contributed by atoms with Gasteiger partial charge < -0.3 is 9.67 Å². The number of alkyl halides is 3. The van der Waals surface area contributed by atoms with Crippen molar-refractivity contribution < 1.29 is 31.5 Å². The first kappa shape index (κ1) is 21.6. The predicted molar refractivity (Wildman–Crippen MR) is 90.2 cm³/mol. The molecule has 2 aliphatic rings. The molecule has 0 bridgehead atoms. The highest BCUT2D eigenvalue weighted by Gasteiger charge is 2.38. The average Bonchev–Trinajstić information content (AvgIpc) is 3.29. The van der Waals surface area contributed by atoms with Crippen molar-refractivity contribution in [2.45, 2.75) is 45.1 Å². The van der Waals surface area contributed by atoms with E-state index in [2.05, 4.69) is 19.2 Å². The molecule has 1 fully saturated rings. The summed E-state index contributed by atoms with van der Waals surface area (Å²) >= 11 is 0. The van der Waals surface area contributed by atoms with Crippen LogP contribution >= 0.6 is 0 Å². The summed E-state index contributed by atoms with van der Waals surface area (Å²) in [6.45, 7) is 4.44. The number of carboxylic acids is 1. The van der Waals surface area contributed by atoms with E-state index < -0.39 is 22.2 Å². The molecule has 1 aliphatic carbocycles. The van der Waals surface area contributed by atoms with Gasteiger partial charge in [-0.2, -0.15) is 13.2 Å². The van der Waals surface area contributed by atoms with Crippen molar-refractivity contribution in [3.63, 3.8) is 0 Å². The van der Waals surface area contributed by atoms with E-state index in [4.69, 9.17) is 9.90 Å². The van der Waals surface area contributed by atoms with E-state index >= 15 is 0 Å². The van der Waals surface area contributed by atoms with Gasteiger partial charge in [-0.3, -0.25) is 4.90 Å². The lowest BCUT2D eigenvalue weighted by Crippen LogP contribution is -2.27. The largest absolute Gasteiger partial charge is 0.490 e. The molecule has 154 valence electrons. The van der Waals surface area contributed by atoms with Crippen LogP contribution in [0.15, 0.2) is 6.33 Å². The first-order chi connectivity index (χ1) is 12.5. The Labute approximate surface area is 155 Å². The van der Waals surface area contributed by atoms with E-state index in [1.54, 1.807) is 0 Å². The fourth-order valence-electron chi connectivity index (χ4n) is 2.75. The minimum Gasteiger partial charge on any atom is -0.475 e. The zero-order valence-corrected chi connectivity index (χ0v) is 15.7. The Balaban J connectivity index is 0.000000321. The van der Waals surface area contributed by atoms with Crippen LogP contribution in [-0.2, 0) is 34.5 Å². The molecule has 1 saturated carbocycles. The van der Waals surface area contributed by atoms with Crippen LogP contribution in [0.3, 0.4) is 0 Å². The summed E-state index contributed by atoms with van der Waals surface area (Å²) in [6.07, 6.45) is 1.79. The van der Waals surface area contributed by atoms with Crippen molar-refractivity contribution in [1.82, 2.24) is 19.2 Å². The number of fused-ring (bicyclic) bond motifs is 1. The normalized spacial score (nSPS) is 18.2. The van der Waals surface area contributed by atoms with E-state index in [1.165, 1.54) is 31.3 Å². The van der Waals surface area contributed by atoms with Crippen LogP contribution in [0.5, 0.6) is 0 Å². The molecule has 0 saturated heterocycles. The number of rotatable bonds is 5. The fraction of sp³-hybridized carbons (Fsp3) is 0.733. The van der Waals surface area contributed by atoms with Gasteiger partial charge in [-0.1, -0.05) is 0 Å². The van der Waals surface area contributed by atoms with Crippen molar-refractivity contribution in [2.24, 2.45) is 5.92 Å². The van der Waals surface area contributed by atoms with Gasteiger partial charge in [-0.25, -0.2) is 22.9 Å². The molecule has 2 heterocycles. The van der Waals surface area contributed by atoms with Gasteiger partial charge >= 0.3 is 12.1 Å². The van der Waals surface area contributed by atoms with Crippen molar-refractivity contribution in [3.05, 3.63) is 17.7 Å². The van der Waals surface area contributed by atoms with Crippen molar-refractivity contribution >= 4 is 16.0 Å². The molecular weight excluding hydrogens is 389 g/mol. The van der Waals surface area contributed by atoms with Crippen molar-refractivity contribution in [3.8, 4) is 0 Å². The molecule has 0 amide bonds. The lowest BCUT2D eigenvalue weighted by molar-refractivity contribution is -0.192. The minimum absolute atomic E-state index is 0.290. The number of carbonyl (C=O) groups is 1. The summed E-state index contributed by atoms with van der Waals surface area (Å²) in [7, 11) is -3.17. The number of sulfonamides is 1. The summed E-state index contributed by atoms with van der Waals surface area (Å²) in [6, 6.07) is 0. The molecule has 2 N–H and O–H groups in total. The summed E-state index contributed by atoms with van der Waals surface area (Å²) in [5.41, 5.74) is 2.03. The van der Waals surface area contributed by atoms with Crippen molar-refractivity contribution in [2.75, 3.05) is 19.3 Å². The third-order valence-corrected chi connectivity index (χ3v) is 4.91. The lowest BCUT2D eigenvalue weighted by Gasteiger charge is -2.19. The number of imidazole rings is 1. The van der Waals surface area contributed by atoms with Gasteiger partial charge in [0.25, 0.3) is 0 Å². The highest BCUT2D eigenvalue weighted by Crippen LogP contribution is 2.31. The van der Waals surface area contributed by atoms with Gasteiger partial charge in [0.1, 0.15) is 0 Å². The Hall–Kier alpha value is -1.66. The van der Waals surface area contributed by atoms with E-state index in [0.29, 0.717) is 6.54 Å². The maximum atomic E-state index is 11.2. The number of hydrogen-bond acceptors (Lipinski definition) is 5. The van der Waals surface area contributed by atoms with Gasteiger partial charge in [-0.05, 0) is 25.2 Å². The molecule has 0 radical (unpaired) electrons. The molecule has 1 aromatic rings. The number of aryl methyl sites for hydroxylation is 1. The Morgan fingerprint density at radius 2 is 2.00 bits per heavy atom. The van der Waals surface area contributed by atoms with E-state index in [0.717, 1.165) is 37.7 Å².